The molecule has 0 saturated carbocycles. The summed E-state index contributed by atoms with van der Waals surface area (Å²) in [4.78, 5) is 5.47. The number of pyridine rings is 1. The second-order valence-electron chi connectivity index (χ2n) is 3.98. The standard InChI is InChI=1S/C13H13N5S/c14-10-4-8-19-12(10)9-16-11-3-1-5-15-13(11)18-7-2-6-17-18/h1-8,16H,9,14H2. The zero-order chi connectivity index (χ0) is 13.1. The summed E-state index contributed by atoms with van der Waals surface area (Å²) in [5.74, 6) is 0.780. The highest BCUT2D eigenvalue weighted by atomic mass is 32.1. The van der Waals surface area contributed by atoms with E-state index >= 15 is 0 Å². The number of hydrogen-bond acceptors (Lipinski definition) is 5. The van der Waals surface area contributed by atoms with Crippen molar-refractivity contribution >= 4 is 22.7 Å². The first-order valence-electron chi connectivity index (χ1n) is 5.85. The lowest BCUT2D eigenvalue weighted by molar-refractivity contribution is 0.846. The van der Waals surface area contributed by atoms with Gasteiger partial charge in [0.25, 0.3) is 0 Å². The van der Waals surface area contributed by atoms with E-state index in [4.69, 9.17) is 5.73 Å². The first-order chi connectivity index (χ1) is 9.34. The number of nitrogen functional groups attached to an aromatic ring is 1. The van der Waals surface area contributed by atoms with Crippen LogP contribution in [0.2, 0.25) is 0 Å². The number of aromatic nitrogens is 3. The van der Waals surface area contributed by atoms with E-state index in [9.17, 15) is 0 Å². The third-order valence-electron chi connectivity index (χ3n) is 2.73. The monoisotopic (exact) mass is 271 g/mol. The molecule has 0 spiro atoms. The summed E-state index contributed by atoms with van der Waals surface area (Å²) in [6.45, 7) is 0.684. The molecule has 3 aromatic heterocycles. The fraction of sp³-hybridized carbons (Fsp3) is 0.0769. The summed E-state index contributed by atoms with van der Waals surface area (Å²) in [5.41, 5.74) is 7.63. The van der Waals surface area contributed by atoms with Crippen LogP contribution in [0, 0.1) is 0 Å². The predicted octanol–water partition coefficient (Wildman–Crippen LogP) is 2.52. The fourth-order valence-electron chi connectivity index (χ4n) is 1.78. The van der Waals surface area contributed by atoms with Crippen LogP contribution in [0.4, 0.5) is 11.4 Å². The van der Waals surface area contributed by atoms with E-state index in [1.165, 1.54) is 0 Å². The zero-order valence-electron chi connectivity index (χ0n) is 10.2. The van der Waals surface area contributed by atoms with Gasteiger partial charge < -0.3 is 11.1 Å². The minimum Gasteiger partial charge on any atom is -0.398 e. The van der Waals surface area contributed by atoms with Gasteiger partial charge in [-0.15, -0.1) is 11.3 Å². The SMILES string of the molecule is Nc1ccsc1CNc1cccnc1-n1cccn1. The Balaban J connectivity index is 1.84. The summed E-state index contributed by atoms with van der Waals surface area (Å²) < 4.78 is 1.74. The molecule has 3 rings (SSSR count). The number of nitrogens with one attached hydrogen (secondary N) is 1. The highest BCUT2D eigenvalue weighted by molar-refractivity contribution is 7.10. The van der Waals surface area contributed by atoms with Crippen LogP contribution < -0.4 is 11.1 Å². The average molecular weight is 271 g/mol. The molecule has 5 nitrogen and oxygen atoms in total. The lowest BCUT2D eigenvalue weighted by Crippen LogP contribution is -2.06. The molecule has 0 aliphatic rings. The molecule has 0 unspecified atom stereocenters. The lowest BCUT2D eigenvalue weighted by atomic mass is 10.3. The van der Waals surface area contributed by atoms with E-state index < -0.39 is 0 Å². The van der Waals surface area contributed by atoms with E-state index in [0.717, 1.165) is 22.1 Å². The van der Waals surface area contributed by atoms with E-state index in [1.54, 1.807) is 28.4 Å². The molecule has 0 fully saturated rings. The van der Waals surface area contributed by atoms with Gasteiger partial charge in [-0.1, -0.05) is 0 Å². The molecular formula is C13H13N5S. The van der Waals surface area contributed by atoms with Crippen LogP contribution in [0.25, 0.3) is 5.82 Å². The predicted molar refractivity (Wildman–Crippen MR) is 77.4 cm³/mol. The molecule has 0 radical (unpaired) electrons. The number of rotatable bonds is 4. The van der Waals surface area contributed by atoms with Crippen molar-refractivity contribution in [3.8, 4) is 5.82 Å². The van der Waals surface area contributed by atoms with Gasteiger partial charge in [0.1, 0.15) is 0 Å². The van der Waals surface area contributed by atoms with Crippen molar-refractivity contribution in [3.63, 3.8) is 0 Å². The van der Waals surface area contributed by atoms with Crippen LogP contribution in [0.3, 0.4) is 0 Å². The molecule has 3 N–H and O–H groups in total. The second-order valence-corrected chi connectivity index (χ2v) is 4.98. The van der Waals surface area contributed by atoms with E-state index in [1.807, 2.05) is 35.8 Å². The number of nitrogens with two attached hydrogens (primary N) is 1. The third-order valence-corrected chi connectivity index (χ3v) is 3.66. The van der Waals surface area contributed by atoms with E-state index in [-0.39, 0.29) is 0 Å². The lowest BCUT2D eigenvalue weighted by Gasteiger charge is -2.10. The van der Waals surface area contributed by atoms with Gasteiger partial charge in [0.05, 0.1) is 12.2 Å². The van der Waals surface area contributed by atoms with Crippen LogP contribution in [0.5, 0.6) is 0 Å². The molecule has 19 heavy (non-hydrogen) atoms. The Kier molecular flexibility index (Phi) is 3.16. The maximum absolute atomic E-state index is 5.87. The Bertz CT molecular complexity index is 659. The maximum atomic E-state index is 5.87. The highest BCUT2D eigenvalue weighted by Gasteiger charge is 2.06. The molecule has 0 aliphatic carbocycles. The number of hydrogen-bond donors (Lipinski definition) is 2. The van der Waals surface area contributed by atoms with Crippen molar-refractivity contribution in [2.45, 2.75) is 6.54 Å². The van der Waals surface area contributed by atoms with Gasteiger partial charge >= 0.3 is 0 Å². The molecule has 6 heteroatoms. The summed E-state index contributed by atoms with van der Waals surface area (Å²) >= 11 is 1.64. The summed E-state index contributed by atoms with van der Waals surface area (Å²) in [7, 11) is 0. The van der Waals surface area contributed by atoms with Crippen LogP contribution in [-0.4, -0.2) is 14.8 Å². The molecule has 96 valence electrons. The van der Waals surface area contributed by atoms with Gasteiger partial charge in [-0.25, -0.2) is 9.67 Å². The largest absolute Gasteiger partial charge is 0.398 e. The molecule has 0 aromatic carbocycles. The summed E-state index contributed by atoms with van der Waals surface area (Å²) in [6.07, 6.45) is 5.35. The van der Waals surface area contributed by atoms with Gasteiger partial charge in [0.2, 0.25) is 0 Å². The number of anilines is 2. The fourth-order valence-corrected chi connectivity index (χ4v) is 2.52. The van der Waals surface area contributed by atoms with Gasteiger partial charge in [-0.05, 0) is 29.6 Å². The minimum atomic E-state index is 0.684. The number of nitrogens with zero attached hydrogens (tertiary/aromatic N) is 3. The Morgan fingerprint density at radius 1 is 1.26 bits per heavy atom. The number of thiophene rings is 1. The van der Waals surface area contributed by atoms with Crippen LogP contribution in [0.1, 0.15) is 4.88 Å². The van der Waals surface area contributed by atoms with Gasteiger partial charge in [-0.2, -0.15) is 5.10 Å². The summed E-state index contributed by atoms with van der Waals surface area (Å²) in [5, 5.41) is 9.54. The Morgan fingerprint density at radius 3 is 2.95 bits per heavy atom. The first-order valence-corrected chi connectivity index (χ1v) is 6.73. The van der Waals surface area contributed by atoms with Crippen molar-refractivity contribution in [3.05, 3.63) is 53.1 Å². The molecule has 0 amide bonds. The van der Waals surface area contributed by atoms with Crippen LogP contribution in [-0.2, 0) is 6.54 Å². The van der Waals surface area contributed by atoms with Gasteiger partial charge in [0.15, 0.2) is 5.82 Å². The zero-order valence-corrected chi connectivity index (χ0v) is 11.0. The van der Waals surface area contributed by atoms with Gasteiger partial charge in [0, 0.05) is 29.2 Å². The molecule has 3 heterocycles. The molecule has 0 saturated heterocycles. The smallest absolute Gasteiger partial charge is 0.176 e. The third kappa shape index (κ3) is 2.43. The second kappa shape index (κ2) is 5.11. The van der Waals surface area contributed by atoms with Crippen LogP contribution >= 0.6 is 11.3 Å². The van der Waals surface area contributed by atoms with Crippen molar-refractivity contribution < 1.29 is 0 Å². The Labute approximate surface area is 114 Å². The Morgan fingerprint density at radius 2 is 2.21 bits per heavy atom. The molecule has 0 atom stereocenters. The molecule has 0 bridgehead atoms. The topological polar surface area (TPSA) is 68.8 Å². The molecular weight excluding hydrogens is 258 g/mol. The van der Waals surface area contributed by atoms with E-state index in [2.05, 4.69) is 15.4 Å². The van der Waals surface area contributed by atoms with E-state index in [0.29, 0.717) is 6.54 Å². The molecule has 0 aliphatic heterocycles. The first kappa shape index (κ1) is 11.7. The van der Waals surface area contributed by atoms with Gasteiger partial charge in [-0.3, -0.25) is 0 Å². The quantitative estimate of drug-likeness (QED) is 0.765. The molecule has 3 aromatic rings. The normalized spacial score (nSPS) is 10.5. The van der Waals surface area contributed by atoms with Crippen molar-refractivity contribution in [1.82, 2.24) is 14.8 Å². The average Bonchev–Trinajstić information content (AvgIpc) is 3.08. The highest BCUT2D eigenvalue weighted by Crippen LogP contribution is 2.22. The van der Waals surface area contributed by atoms with Crippen molar-refractivity contribution in [2.24, 2.45) is 0 Å². The Hall–Kier alpha value is -2.34. The summed E-state index contributed by atoms with van der Waals surface area (Å²) in [6, 6.07) is 7.66. The van der Waals surface area contributed by atoms with Crippen molar-refractivity contribution in [2.75, 3.05) is 11.1 Å². The minimum absolute atomic E-state index is 0.684. The maximum Gasteiger partial charge on any atom is 0.176 e. The van der Waals surface area contributed by atoms with Crippen LogP contribution in [0.15, 0.2) is 48.2 Å². The van der Waals surface area contributed by atoms with Crippen molar-refractivity contribution in [1.29, 1.82) is 0 Å².